The van der Waals surface area contributed by atoms with Crippen molar-refractivity contribution in [3.63, 3.8) is 0 Å². The maximum atomic E-state index is 11.0. The Bertz CT molecular complexity index is 599. The van der Waals surface area contributed by atoms with Crippen LogP contribution >= 0.6 is 0 Å². The molecule has 17 heavy (non-hydrogen) atoms. The number of hydrogen-bond acceptors (Lipinski definition) is 3. The van der Waals surface area contributed by atoms with Crippen LogP contribution in [-0.4, -0.2) is 27.7 Å². The summed E-state index contributed by atoms with van der Waals surface area (Å²) in [4.78, 5) is 15.2. The molecule has 0 atom stereocenters. The molecule has 0 radical (unpaired) electrons. The van der Waals surface area contributed by atoms with E-state index in [1.807, 2.05) is 0 Å². The molecule has 2 aromatic rings. The van der Waals surface area contributed by atoms with Gasteiger partial charge in [-0.1, -0.05) is 0 Å². The Morgan fingerprint density at radius 3 is 2.88 bits per heavy atom. The second-order valence-corrected chi connectivity index (χ2v) is 4.23. The van der Waals surface area contributed by atoms with Gasteiger partial charge >= 0.3 is 5.97 Å². The van der Waals surface area contributed by atoms with Gasteiger partial charge in [0.1, 0.15) is 11.3 Å². The molecule has 0 aliphatic heterocycles. The summed E-state index contributed by atoms with van der Waals surface area (Å²) in [6, 6.07) is 3.62. The molecule has 0 spiro atoms. The Balaban J connectivity index is 2.26. The number of methoxy groups -OCH3 is 1. The highest BCUT2D eigenvalue weighted by atomic mass is 16.5. The van der Waals surface area contributed by atoms with E-state index < -0.39 is 5.97 Å². The molecule has 0 saturated heterocycles. The van der Waals surface area contributed by atoms with Crippen LogP contribution in [0, 0.1) is 0 Å². The van der Waals surface area contributed by atoms with Gasteiger partial charge in [-0.3, -0.25) is 0 Å². The lowest BCUT2D eigenvalue weighted by Gasteiger charge is -2.07. The number of rotatable bonds is 3. The van der Waals surface area contributed by atoms with Crippen LogP contribution in [0.4, 0.5) is 0 Å². The van der Waals surface area contributed by atoms with Crippen molar-refractivity contribution in [2.24, 2.45) is 0 Å². The molecule has 1 fully saturated rings. The van der Waals surface area contributed by atoms with Gasteiger partial charge in [0.05, 0.1) is 24.5 Å². The summed E-state index contributed by atoms with van der Waals surface area (Å²) in [5, 5.41) is 9.00. The van der Waals surface area contributed by atoms with Crippen LogP contribution in [0.15, 0.2) is 18.5 Å². The Hall–Kier alpha value is -2.04. The van der Waals surface area contributed by atoms with Crippen molar-refractivity contribution < 1.29 is 14.6 Å². The lowest BCUT2D eigenvalue weighted by molar-refractivity contribution is 0.0696. The first kappa shape index (κ1) is 10.1. The second-order valence-electron chi connectivity index (χ2n) is 4.23. The van der Waals surface area contributed by atoms with Crippen LogP contribution in [0.25, 0.3) is 11.0 Å². The van der Waals surface area contributed by atoms with E-state index in [-0.39, 0.29) is 5.56 Å². The quantitative estimate of drug-likeness (QED) is 0.879. The second kappa shape index (κ2) is 3.48. The zero-order chi connectivity index (χ0) is 12.0. The van der Waals surface area contributed by atoms with E-state index in [2.05, 4.69) is 9.55 Å². The summed E-state index contributed by atoms with van der Waals surface area (Å²) in [6.45, 7) is 0. The zero-order valence-electron chi connectivity index (χ0n) is 9.38. The van der Waals surface area contributed by atoms with E-state index in [1.54, 1.807) is 25.6 Å². The molecule has 1 saturated carbocycles. The van der Waals surface area contributed by atoms with Crippen molar-refractivity contribution in [3.05, 3.63) is 24.0 Å². The molecule has 88 valence electrons. The van der Waals surface area contributed by atoms with Crippen molar-refractivity contribution in [2.75, 3.05) is 7.11 Å². The number of carbonyl (C=O) groups is 1. The average molecular weight is 232 g/mol. The minimum Gasteiger partial charge on any atom is -0.494 e. The van der Waals surface area contributed by atoms with Gasteiger partial charge in [-0.15, -0.1) is 0 Å². The number of benzene rings is 1. The first-order valence-corrected chi connectivity index (χ1v) is 5.48. The van der Waals surface area contributed by atoms with Crippen LogP contribution in [0.2, 0.25) is 0 Å². The highest BCUT2D eigenvalue weighted by Crippen LogP contribution is 2.39. The smallest absolute Gasteiger partial charge is 0.335 e. The zero-order valence-corrected chi connectivity index (χ0v) is 9.38. The Labute approximate surface area is 97.6 Å². The lowest BCUT2D eigenvalue weighted by Crippen LogP contribution is -1.99. The summed E-state index contributed by atoms with van der Waals surface area (Å²) in [6.07, 6.45) is 4.06. The van der Waals surface area contributed by atoms with Gasteiger partial charge in [-0.05, 0) is 25.0 Å². The molecule has 0 bridgehead atoms. The van der Waals surface area contributed by atoms with Crippen LogP contribution in [0.3, 0.4) is 0 Å². The van der Waals surface area contributed by atoms with E-state index in [0.29, 0.717) is 17.3 Å². The molecule has 0 unspecified atom stereocenters. The molecule has 3 rings (SSSR count). The van der Waals surface area contributed by atoms with Gasteiger partial charge in [0, 0.05) is 6.04 Å². The first-order chi connectivity index (χ1) is 8.20. The monoisotopic (exact) mass is 232 g/mol. The molecule has 1 aliphatic rings. The average Bonchev–Trinajstić information content (AvgIpc) is 3.07. The number of nitrogens with zero attached hydrogens (tertiary/aromatic N) is 2. The minimum absolute atomic E-state index is 0.204. The fourth-order valence-electron chi connectivity index (χ4n) is 2.04. The molecule has 1 N–H and O–H groups in total. The van der Waals surface area contributed by atoms with E-state index in [0.717, 1.165) is 18.4 Å². The molecule has 5 nitrogen and oxygen atoms in total. The number of aromatic nitrogens is 2. The number of fused-ring (bicyclic) bond motifs is 1. The summed E-state index contributed by atoms with van der Waals surface area (Å²) >= 11 is 0. The van der Waals surface area contributed by atoms with E-state index in [4.69, 9.17) is 9.84 Å². The van der Waals surface area contributed by atoms with E-state index in [9.17, 15) is 4.79 Å². The molecule has 1 aromatic heterocycles. The number of carboxylic acid groups (broad SMARTS) is 1. The largest absolute Gasteiger partial charge is 0.494 e. The maximum Gasteiger partial charge on any atom is 0.335 e. The normalized spacial score (nSPS) is 15.1. The van der Waals surface area contributed by atoms with Gasteiger partial charge in [0.15, 0.2) is 0 Å². The molecule has 5 heteroatoms. The number of imidazole rings is 1. The number of ether oxygens (including phenoxy) is 1. The summed E-state index contributed by atoms with van der Waals surface area (Å²) < 4.78 is 7.34. The van der Waals surface area contributed by atoms with Crippen LogP contribution in [0.1, 0.15) is 29.2 Å². The highest BCUT2D eigenvalue weighted by molar-refractivity contribution is 5.95. The number of carboxylic acids is 1. The summed E-state index contributed by atoms with van der Waals surface area (Å²) in [7, 11) is 1.55. The molecule has 1 heterocycles. The predicted octanol–water partition coefficient (Wildman–Crippen LogP) is 2.08. The van der Waals surface area contributed by atoms with E-state index >= 15 is 0 Å². The van der Waals surface area contributed by atoms with Gasteiger partial charge in [0.25, 0.3) is 0 Å². The van der Waals surface area contributed by atoms with Gasteiger partial charge in [-0.2, -0.15) is 0 Å². The van der Waals surface area contributed by atoms with Crippen molar-refractivity contribution in [2.45, 2.75) is 18.9 Å². The van der Waals surface area contributed by atoms with Gasteiger partial charge in [-0.25, -0.2) is 9.78 Å². The molecule has 0 amide bonds. The fraction of sp³-hybridized carbons (Fsp3) is 0.333. The third kappa shape index (κ3) is 1.54. The van der Waals surface area contributed by atoms with Crippen LogP contribution in [0.5, 0.6) is 5.75 Å². The van der Waals surface area contributed by atoms with Crippen LogP contribution in [-0.2, 0) is 0 Å². The van der Waals surface area contributed by atoms with Crippen LogP contribution < -0.4 is 4.74 Å². The standard InChI is InChI=1S/C12H12N2O3/c1-17-10-5-7(12(15)16)4-9-11(10)14(6-13-9)8-2-3-8/h4-6,8H,2-3H2,1H3,(H,15,16). The third-order valence-corrected chi connectivity index (χ3v) is 3.04. The minimum atomic E-state index is -0.967. The van der Waals surface area contributed by atoms with E-state index in [1.165, 1.54) is 0 Å². The maximum absolute atomic E-state index is 11.0. The Morgan fingerprint density at radius 1 is 1.53 bits per heavy atom. The molecular weight excluding hydrogens is 220 g/mol. The fourth-order valence-corrected chi connectivity index (χ4v) is 2.04. The number of aromatic carboxylic acids is 1. The molecule has 1 aliphatic carbocycles. The topological polar surface area (TPSA) is 64.3 Å². The van der Waals surface area contributed by atoms with Gasteiger partial charge in [0.2, 0.25) is 0 Å². The predicted molar refractivity (Wildman–Crippen MR) is 61.5 cm³/mol. The highest BCUT2D eigenvalue weighted by Gasteiger charge is 2.26. The Kier molecular flexibility index (Phi) is 2.07. The lowest BCUT2D eigenvalue weighted by atomic mass is 10.2. The first-order valence-electron chi connectivity index (χ1n) is 5.48. The molecular formula is C12H12N2O3. The van der Waals surface area contributed by atoms with Crippen molar-refractivity contribution >= 4 is 17.0 Å². The SMILES string of the molecule is COc1cc(C(=O)O)cc2ncn(C3CC3)c12. The Morgan fingerprint density at radius 2 is 2.29 bits per heavy atom. The molecule has 1 aromatic carbocycles. The van der Waals surface area contributed by atoms with Crippen molar-refractivity contribution in [3.8, 4) is 5.75 Å². The number of hydrogen-bond donors (Lipinski definition) is 1. The summed E-state index contributed by atoms with van der Waals surface area (Å²) in [5.74, 6) is -0.393. The third-order valence-electron chi connectivity index (χ3n) is 3.04. The van der Waals surface area contributed by atoms with Crippen molar-refractivity contribution in [1.82, 2.24) is 9.55 Å². The van der Waals surface area contributed by atoms with Gasteiger partial charge < -0.3 is 14.4 Å². The van der Waals surface area contributed by atoms with Crippen molar-refractivity contribution in [1.29, 1.82) is 0 Å². The summed E-state index contributed by atoms with van der Waals surface area (Å²) in [5.41, 5.74) is 1.77.